The van der Waals surface area contributed by atoms with Crippen LogP contribution in [0.1, 0.15) is 24.8 Å². The molecule has 1 fully saturated rings. The number of anilines is 1. The molecule has 7 nitrogen and oxygen atoms in total. The predicted octanol–water partition coefficient (Wildman–Crippen LogP) is 4.25. The lowest BCUT2D eigenvalue weighted by Gasteiger charge is -2.22. The number of hydrogen-bond donors (Lipinski definition) is 1. The first-order chi connectivity index (χ1) is 13.7. The Morgan fingerprint density at radius 2 is 2.04 bits per heavy atom. The van der Waals surface area contributed by atoms with E-state index in [1.54, 1.807) is 36.3 Å². The fourth-order valence-electron chi connectivity index (χ4n) is 3.29. The molecule has 0 spiro atoms. The predicted molar refractivity (Wildman–Crippen MR) is 100 cm³/mol. The third kappa shape index (κ3) is 3.53. The summed E-state index contributed by atoms with van der Waals surface area (Å²) in [7, 11) is 1.55. The third-order valence-electron chi connectivity index (χ3n) is 4.69. The summed E-state index contributed by atoms with van der Waals surface area (Å²) in [4.78, 5) is 18.9. The molecule has 1 N–H and O–H groups in total. The van der Waals surface area contributed by atoms with E-state index in [9.17, 15) is 9.18 Å². The van der Waals surface area contributed by atoms with Crippen molar-refractivity contribution in [3.63, 3.8) is 0 Å². The Labute approximate surface area is 161 Å². The van der Waals surface area contributed by atoms with Gasteiger partial charge in [-0.05, 0) is 49.2 Å². The minimum absolute atomic E-state index is 0.256. The first kappa shape index (κ1) is 18.0. The quantitative estimate of drug-likeness (QED) is 0.729. The topological polar surface area (TPSA) is 80.5 Å². The molecule has 0 bridgehead atoms. The SMILES string of the molecule is COc1ccccc1NC(=O)N1CCC[C@H]1c1nc(-c2ccc(F)cc2)no1. The summed E-state index contributed by atoms with van der Waals surface area (Å²) >= 11 is 0. The van der Waals surface area contributed by atoms with Gasteiger partial charge in [-0.15, -0.1) is 0 Å². The molecule has 1 aliphatic heterocycles. The average molecular weight is 382 g/mol. The number of amides is 2. The van der Waals surface area contributed by atoms with Crippen LogP contribution >= 0.6 is 0 Å². The number of nitrogens with one attached hydrogen (secondary N) is 1. The van der Waals surface area contributed by atoms with E-state index < -0.39 is 0 Å². The molecule has 1 aliphatic rings. The number of nitrogens with zero attached hydrogens (tertiary/aromatic N) is 3. The summed E-state index contributed by atoms with van der Waals surface area (Å²) in [6.45, 7) is 0.583. The van der Waals surface area contributed by atoms with Crippen molar-refractivity contribution in [1.82, 2.24) is 15.0 Å². The van der Waals surface area contributed by atoms with Crippen molar-refractivity contribution in [2.75, 3.05) is 19.0 Å². The van der Waals surface area contributed by atoms with Gasteiger partial charge in [0.2, 0.25) is 11.7 Å². The molecule has 0 aliphatic carbocycles. The number of carbonyl (C=O) groups excluding carboxylic acids is 1. The van der Waals surface area contributed by atoms with Gasteiger partial charge in [-0.2, -0.15) is 4.98 Å². The number of methoxy groups -OCH3 is 1. The van der Waals surface area contributed by atoms with E-state index in [1.807, 2.05) is 12.1 Å². The van der Waals surface area contributed by atoms with Crippen LogP contribution in [0.5, 0.6) is 5.75 Å². The van der Waals surface area contributed by atoms with Crippen LogP contribution in [0.4, 0.5) is 14.9 Å². The number of carbonyl (C=O) groups is 1. The van der Waals surface area contributed by atoms with Crippen molar-refractivity contribution in [2.24, 2.45) is 0 Å². The second kappa shape index (κ2) is 7.67. The summed E-state index contributed by atoms with van der Waals surface area (Å²) in [6.07, 6.45) is 1.56. The highest BCUT2D eigenvalue weighted by molar-refractivity contribution is 5.91. The van der Waals surface area contributed by atoms with Crippen molar-refractivity contribution in [2.45, 2.75) is 18.9 Å². The van der Waals surface area contributed by atoms with Crippen molar-refractivity contribution in [3.05, 3.63) is 60.2 Å². The molecule has 2 amide bonds. The normalized spacial score (nSPS) is 16.2. The molecule has 8 heteroatoms. The first-order valence-electron chi connectivity index (χ1n) is 8.96. The summed E-state index contributed by atoms with van der Waals surface area (Å²) in [5, 5.41) is 6.86. The van der Waals surface area contributed by atoms with Crippen molar-refractivity contribution < 1.29 is 18.4 Å². The van der Waals surface area contributed by atoms with Gasteiger partial charge in [0.05, 0.1) is 12.8 Å². The number of rotatable bonds is 4. The number of benzene rings is 2. The van der Waals surface area contributed by atoms with E-state index >= 15 is 0 Å². The average Bonchev–Trinajstić information content (AvgIpc) is 3.38. The van der Waals surface area contributed by atoms with Crippen LogP contribution in [0.25, 0.3) is 11.4 Å². The second-order valence-electron chi connectivity index (χ2n) is 6.44. The highest BCUT2D eigenvalue weighted by atomic mass is 19.1. The largest absolute Gasteiger partial charge is 0.495 e. The molecule has 2 aromatic carbocycles. The monoisotopic (exact) mass is 382 g/mol. The molecule has 144 valence electrons. The zero-order valence-corrected chi connectivity index (χ0v) is 15.3. The molecule has 1 aromatic heterocycles. The van der Waals surface area contributed by atoms with Gasteiger partial charge in [-0.25, -0.2) is 9.18 Å². The fourth-order valence-corrected chi connectivity index (χ4v) is 3.29. The Morgan fingerprint density at radius 3 is 2.82 bits per heavy atom. The number of urea groups is 1. The summed E-state index contributed by atoms with van der Waals surface area (Å²) in [5.74, 6) is 0.990. The molecule has 3 aromatic rings. The number of para-hydroxylation sites is 2. The maximum absolute atomic E-state index is 13.1. The van der Waals surface area contributed by atoms with Gasteiger partial charge in [0.15, 0.2) is 0 Å². The second-order valence-corrected chi connectivity index (χ2v) is 6.44. The fraction of sp³-hybridized carbons (Fsp3) is 0.250. The molecule has 2 heterocycles. The zero-order valence-electron chi connectivity index (χ0n) is 15.3. The van der Waals surface area contributed by atoms with Crippen LogP contribution in [0.3, 0.4) is 0 Å². The molecule has 1 atom stereocenters. The number of halogens is 1. The zero-order chi connectivity index (χ0) is 19.5. The lowest BCUT2D eigenvalue weighted by atomic mass is 10.2. The standard InChI is InChI=1S/C20H19FN4O3/c1-27-17-7-3-2-5-15(17)22-20(26)25-12-4-6-16(25)19-23-18(24-28-19)13-8-10-14(21)11-9-13/h2-3,5,7-11,16H,4,6,12H2,1H3,(H,22,26)/t16-/m0/s1. The summed E-state index contributed by atoms with van der Waals surface area (Å²) in [6, 6.07) is 12.5. The number of aromatic nitrogens is 2. The van der Waals surface area contributed by atoms with E-state index in [0.29, 0.717) is 35.3 Å². The summed E-state index contributed by atoms with van der Waals surface area (Å²) < 4.78 is 23.8. The number of hydrogen-bond acceptors (Lipinski definition) is 5. The molecule has 0 radical (unpaired) electrons. The number of ether oxygens (including phenoxy) is 1. The van der Waals surface area contributed by atoms with Crippen LogP contribution in [0.2, 0.25) is 0 Å². The van der Waals surface area contributed by atoms with Crippen LogP contribution in [-0.4, -0.2) is 34.7 Å². The van der Waals surface area contributed by atoms with Crippen LogP contribution < -0.4 is 10.1 Å². The van der Waals surface area contributed by atoms with E-state index in [2.05, 4.69) is 15.5 Å². The lowest BCUT2D eigenvalue weighted by Crippen LogP contribution is -2.34. The molecule has 4 rings (SSSR count). The van der Waals surface area contributed by atoms with Crippen molar-refractivity contribution in [1.29, 1.82) is 0 Å². The van der Waals surface area contributed by atoms with Gasteiger partial charge >= 0.3 is 6.03 Å². The molecule has 0 saturated carbocycles. The maximum atomic E-state index is 13.1. The van der Waals surface area contributed by atoms with Gasteiger partial charge in [0.1, 0.15) is 17.6 Å². The van der Waals surface area contributed by atoms with E-state index in [-0.39, 0.29) is 17.9 Å². The van der Waals surface area contributed by atoms with Gasteiger partial charge in [0, 0.05) is 12.1 Å². The van der Waals surface area contributed by atoms with E-state index in [0.717, 1.165) is 12.8 Å². The minimum Gasteiger partial charge on any atom is -0.495 e. The molecule has 28 heavy (non-hydrogen) atoms. The molecule has 0 unspecified atom stereocenters. The number of likely N-dealkylation sites (tertiary alicyclic amines) is 1. The molecule has 1 saturated heterocycles. The third-order valence-corrected chi connectivity index (χ3v) is 4.69. The van der Waals surface area contributed by atoms with Gasteiger partial charge in [-0.1, -0.05) is 17.3 Å². The van der Waals surface area contributed by atoms with Crippen molar-refractivity contribution >= 4 is 11.7 Å². The van der Waals surface area contributed by atoms with Crippen LogP contribution in [0.15, 0.2) is 53.1 Å². The Hall–Kier alpha value is -3.42. The smallest absolute Gasteiger partial charge is 0.322 e. The Kier molecular flexibility index (Phi) is 4.92. The Morgan fingerprint density at radius 1 is 1.25 bits per heavy atom. The maximum Gasteiger partial charge on any atom is 0.322 e. The van der Waals surface area contributed by atoms with Gasteiger partial charge < -0.3 is 19.5 Å². The molecular formula is C20H19FN4O3. The van der Waals surface area contributed by atoms with Crippen LogP contribution in [0, 0.1) is 5.82 Å². The summed E-state index contributed by atoms with van der Waals surface area (Å²) in [5.41, 5.74) is 1.25. The highest BCUT2D eigenvalue weighted by Crippen LogP contribution is 2.33. The Balaban J connectivity index is 1.52. The highest BCUT2D eigenvalue weighted by Gasteiger charge is 2.34. The minimum atomic E-state index is -0.331. The molecular weight excluding hydrogens is 363 g/mol. The van der Waals surface area contributed by atoms with E-state index in [1.165, 1.54) is 12.1 Å². The van der Waals surface area contributed by atoms with Crippen LogP contribution in [-0.2, 0) is 0 Å². The van der Waals surface area contributed by atoms with Gasteiger partial charge in [-0.3, -0.25) is 0 Å². The van der Waals surface area contributed by atoms with E-state index in [4.69, 9.17) is 9.26 Å². The lowest BCUT2D eigenvalue weighted by molar-refractivity contribution is 0.193. The first-order valence-corrected chi connectivity index (χ1v) is 8.96. The van der Waals surface area contributed by atoms with Crippen molar-refractivity contribution in [3.8, 4) is 17.1 Å². The van der Waals surface area contributed by atoms with Gasteiger partial charge in [0.25, 0.3) is 0 Å². The Bertz CT molecular complexity index is 974.